The zero-order valence-corrected chi connectivity index (χ0v) is 54.8. The van der Waals surface area contributed by atoms with Gasteiger partial charge in [-0.05, 0) is 150 Å². The third-order valence-corrected chi connectivity index (χ3v) is 15.5. The standard InChI is InChI=1S/C39H55N5O7.C29H44N4O5/c1-9-24-50-28(3)34(41-35(45)27(2)42(7)38(48)51-39(4,5)6)37(47)44-22-13-16-31(44)26-43(23-21-29-14-11-10-12-15-29)36(46)33(40)25-30-17-19-32(49-8)20-18-30;1-8-19-37-22(3)25(31-26(34)21(2)32(7)28(36)38-29(4,5)6)27(35)33-18-12-15-24(33)20-30-17-16-23-13-10-9-11-14-23/h1,10-12,14-15,17-20,27-28,31,33-34H,13,16,21-26,40H2,2-8H3,(H,41,45);1,9-11,13-14,21-22,24-25,30H,12,15-20H2,2-7H3,(H,31,34)/t27-,28+,31-,33+,34-;21-,22+,24-,25-/m00/s1. The lowest BCUT2D eigenvalue weighted by atomic mass is 10.0. The first kappa shape index (κ1) is 73.8. The molecular formula is C68H99N9O12. The van der Waals surface area contributed by atoms with Gasteiger partial charge in [0.15, 0.2) is 0 Å². The highest BCUT2D eigenvalue weighted by Crippen LogP contribution is 2.24. The molecule has 3 aromatic rings. The molecule has 7 amide bonds. The summed E-state index contributed by atoms with van der Waals surface area (Å²) in [6.07, 6.45) is 13.0. The quantitative estimate of drug-likeness (QED) is 0.0482. The highest BCUT2D eigenvalue weighted by molar-refractivity contribution is 5.93. The van der Waals surface area contributed by atoms with Crippen molar-refractivity contribution in [3.63, 3.8) is 0 Å². The van der Waals surface area contributed by atoms with Gasteiger partial charge < -0.3 is 60.1 Å². The molecule has 0 bridgehead atoms. The number of hydrogen-bond acceptors (Lipinski definition) is 14. The summed E-state index contributed by atoms with van der Waals surface area (Å²) in [6, 6.07) is 22.6. The van der Waals surface area contributed by atoms with E-state index in [0.29, 0.717) is 57.6 Å². The summed E-state index contributed by atoms with van der Waals surface area (Å²) in [4.78, 5) is 101. The van der Waals surface area contributed by atoms with Crippen LogP contribution in [0.4, 0.5) is 9.59 Å². The normalized spacial score (nSPS) is 17.1. The molecule has 5 N–H and O–H groups in total. The Balaban J connectivity index is 0.000000397. The molecule has 0 aliphatic carbocycles. The van der Waals surface area contributed by atoms with E-state index in [1.165, 1.54) is 29.5 Å². The second-order valence-corrected chi connectivity index (χ2v) is 24.7. The van der Waals surface area contributed by atoms with Gasteiger partial charge in [0.1, 0.15) is 54.3 Å². The number of rotatable bonds is 28. The molecule has 0 aromatic heterocycles. The van der Waals surface area contributed by atoms with Gasteiger partial charge in [-0.3, -0.25) is 33.8 Å². The fourth-order valence-corrected chi connectivity index (χ4v) is 10.1. The number of terminal acetylenes is 2. The number of likely N-dealkylation sites (tertiary alicyclic amines) is 2. The smallest absolute Gasteiger partial charge is 0.410 e. The predicted molar refractivity (Wildman–Crippen MR) is 343 cm³/mol. The third kappa shape index (κ3) is 24.3. The van der Waals surface area contributed by atoms with Crippen molar-refractivity contribution in [2.75, 3.05) is 73.7 Å². The number of carbonyl (C=O) groups is 7. The van der Waals surface area contributed by atoms with E-state index >= 15 is 0 Å². The zero-order chi connectivity index (χ0) is 66.0. The van der Waals surface area contributed by atoms with Crippen molar-refractivity contribution in [1.29, 1.82) is 0 Å². The van der Waals surface area contributed by atoms with E-state index in [9.17, 15) is 33.6 Å². The zero-order valence-electron chi connectivity index (χ0n) is 54.8. The molecule has 9 atom stereocenters. The van der Waals surface area contributed by atoms with Crippen molar-refractivity contribution < 1.29 is 57.2 Å². The molecule has 488 valence electrons. The molecule has 0 spiro atoms. The predicted octanol–water partition coefficient (Wildman–Crippen LogP) is 5.99. The van der Waals surface area contributed by atoms with Crippen LogP contribution in [0.3, 0.4) is 0 Å². The summed E-state index contributed by atoms with van der Waals surface area (Å²) in [7, 11) is 4.55. The van der Waals surface area contributed by atoms with Gasteiger partial charge in [-0.15, -0.1) is 12.8 Å². The van der Waals surface area contributed by atoms with Crippen LogP contribution in [-0.4, -0.2) is 206 Å². The first-order valence-electron chi connectivity index (χ1n) is 30.8. The molecule has 0 radical (unpaired) electrons. The number of nitrogens with two attached hydrogens (primary N) is 1. The molecule has 0 saturated carbocycles. The highest BCUT2D eigenvalue weighted by atomic mass is 16.6. The Bertz CT molecular complexity index is 2820. The number of nitrogens with one attached hydrogen (secondary N) is 3. The summed E-state index contributed by atoms with van der Waals surface area (Å²) < 4.78 is 27.4. The molecule has 21 heteroatoms. The number of methoxy groups -OCH3 is 1. The molecule has 5 rings (SSSR count). The Hall–Kier alpha value is -7.69. The number of hydrogen-bond donors (Lipinski definition) is 4. The van der Waals surface area contributed by atoms with Crippen molar-refractivity contribution in [1.82, 2.24) is 40.4 Å². The fourth-order valence-electron chi connectivity index (χ4n) is 10.1. The van der Waals surface area contributed by atoms with Crippen LogP contribution >= 0.6 is 0 Å². The number of benzene rings is 3. The van der Waals surface area contributed by atoms with E-state index < -0.39 is 77.6 Å². The molecule has 3 aromatic carbocycles. The van der Waals surface area contributed by atoms with Crippen LogP contribution in [0.2, 0.25) is 0 Å². The Morgan fingerprint density at radius 1 is 0.640 bits per heavy atom. The van der Waals surface area contributed by atoms with Gasteiger partial charge in [-0.2, -0.15) is 0 Å². The summed E-state index contributed by atoms with van der Waals surface area (Å²) in [6.45, 7) is 20.1. The molecule has 2 saturated heterocycles. The maximum Gasteiger partial charge on any atom is 0.410 e. The summed E-state index contributed by atoms with van der Waals surface area (Å²) in [5.74, 6) is 3.70. The van der Waals surface area contributed by atoms with Crippen LogP contribution in [0.15, 0.2) is 84.9 Å². The van der Waals surface area contributed by atoms with Crippen LogP contribution in [0.5, 0.6) is 5.75 Å². The van der Waals surface area contributed by atoms with Gasteiger partial charge in [0, 0.05) is 58.9 Å². The minimum atomic E-state index is -1.10. The first-order chi connectivity index (χ1) is 42.1. The van der Waals surface area contributed by atoms with Crippen LogP contribution in [0.25, 0.3) is 0 Å². The van der Waals surface area contributed by atoms with Crippen LogP contribution in [0, 0.1) is 24.7 Å². The largest absolute Gasteiger partial charge is 0.497 e. The maximum atomic E-state index is 14.3. The first-order valence-corrected chi connectivity index (χ1v) is 30.8. The Morgan fingerprint density at radius 3 is 1.52 bits per heavy atom. The van der Waals surface area contributed by atoms with Gasteiger partial charge >= 0.3 is 12.2 Å². The number of ether oxygens (including phenoxy) is 5. The van der Waals surface area contributed by atoms with E-state index in [1.54, 1.807) is 86.1 Å². The van der Waals surface area contributed by atoms with Gasteiger partial charge in [0.25, 0.3) is 0 Å². The average Bonchev–Trinajstić information content (AvgIpc) is 4.42. The van der Waals surface area contributed by atoms with E-state index in [0.717, 1.165) is 36.9 Å². The molecule has 0 unspecified atom stereocenters. The van der Waals surface area contributed by atoms with E-state index in [1.807, 2.05) is 77.7 Å². The SMILES string of the molecule is C#CCO[C@H](C)[C@H](NC(=O)[C@H](C)N(C)C(=O)OC(C)(C)C)C(=O)N1CCC[C@H]1CN(CCc1ccccc1)C(=O)[C@H](N)Cc1ccc(OC)cc1.C#CCO[C@H](C)[C@H](NC(=O)[C@H](C)N(C)C(=O)OC(C)(C)C)C(=O)N1CCC[C@H]1CNCCc1ccccc1. The Morgan fingerprint density at radius 2 is 1.08 bits per heavy atom. The average molecular weight is 1230 g/mol. The van der Waals surface area contributed by atoms with Crippen molar-refractivity contribution in [2.45, 2.75) is 180 Å². The fraction of sp³-hybridized carbons (Fsp3) is 0.574. The van der Waals surface area contributed by atoms with Crippen LogP contribution < -0.4 is 26.4 Å². The van der Waals surface area contributed by atoms with Crippen LogP contribution in [0.1, 0.15) is 112 Å². The molecule has 2 fully saturated rings. The van der Waals surface area contributed by atoms with E-state index in [4.69, 9.17) is 42.3 Å². The Labute approximate surface area is 528 Å². The Kier molecular flexibility index (Phi) is 29.9. The maximum absolute atomic E-state index is 14.3. The highest BCUT2D eigenvalue weighted by Gasteiger charge is 2.41. The molecule has 2 aliphatic rings. The molecule has 2 heterocycles. The lowest BCUT2D eigenvalue weighted by Gasteiger charge is -2.36. The number of nitrogens with zero attached hydrogens (tertiary/aromatic N) is 5. The van der Waals surface area contributed by atoms with Crippen molar-refractivity contribution in [3.05, 3.63) is 102 Å². The van der Waals surface area contributed by atoms with Gasteiger partial charge in [-0.1, -0.05) is 84.6 Å². The summed E-state index contributed by atoms with van der Waals surface area (Å²) >= 11 is 0. The second-order valence-electron chi connectivity index (χ2n) is 24.7. The van der Waals surface area contributed by atoms with Gasteiger partial charge in [-0.25, -0.2) is 9.59 Å². The summed E-state index contributed by atoms with van der Waals surface area (Å²) in [5.41, 5.74) is 8.32. The minimum Gasteiger partial charge on any atom is -0.497 e. The third-order valence-electron chi connectivity index (χ3n) is 15.5. The van der Waals surface area contributed by atoms with Gasteiger partial charge in [0.2, 0.25) is 29.5 Å². The van der Waals surface area contributed by atoms with Crippen molar-refractivity contribution >= 4 is 41.7 Å². The molecule has 89 heavy (non-hydrogen) atoms. The number of amides is 7. The number of likely N-dealkylation sites (N-methyl/N-ethyl adjacent to an activating group) is 2. The van der Waals surface area contributed by atoms with Gasteiger partial charge in [0.05, 0.1) is 25.4 Å². The minimum absolute atomic E-state index is 0.0126. The second kappa shape index (κ2) is 36.1. The lowest BCUT2D eigenvalue weighted by molar-refractivity contribution is -0.143. The number of carbonyl (C=O) groups excluding carboxylic acids is 7. The summed E-state index contributed by atoms with van der Waals surface area (Å²) in [5, 5.41) is 9.10. The topological polar surface area (TPSA) is 244 Å². The van der Waals surface area contributed by atoms with Crippen molar-refractivity contribution in [2.24, 2.45) is 5.73 Å². The monoisotopic (exact) mass is 1230 g/mol. The van der Waals surface area contributed by atoms with E-state index in [-0.39, 0.29) is 49.6 Å². The lowest BCUT2D eigenvalue weighted by Crippen LogP contribution is -2.59. The van der Waals surface area contributed by atoms with E-state index in [2.05, 4.69) is 39.9 Å². The van der Waals surface area contributed by atoms with Crippen LogP contribution in [-0.2, 0) is 62.2 Å². The molecular weight excluding hydrogens is 1130 g/mol. The molecule has 2 aliphatic heterocycles. The molecule has 21 nitrogen and oxygen atoms in total. The van der Waals surface area contributed by atoms with Crippen molar-refractivity contribution in [3.8, 4) is 30.4 Å².